The van der Waals surface area contributed by atoms with Gasteiger partial charge in [-0.3, -0.25) is 9.36 Å². The standard InChI is InChI=1S/C22H19Cl3N6S/c1-14-10-21(29-31(14)12-15-4-2-5-16(23)11-15)27-22(32)26-20-8-9-30(28-20)13-17-18(24)6-3-7-19(17)25/h2-11H,12-13H2,1H3,(H2,26,27,28,29,32). The van der Waals surface area contributed by atoms with Crippen molar-refractivity contribution in [1.82, 2.24) is 19.6 Å². The second-order valence-electron chi connectivity index (χ2n) is 7.14. The van der Waals surface area contributed by atoms with Gasteiger partial charge in [-0.05, 0) is 49.0 Å². The fourth-order valence-corrected chi connectivity index (χ4v) is 4.10. The molecule has 0 amide bonds. The summed E-state index contributed by atoms with van der Waals surface area (Å²) in [6.07, 6.45) is 1.83. The molecular formula is C22H19Cl3N6S. The van der Waals surface area contributed by atoms with Crippen LogP contribution in [0.2, 0.25) is 15.1 Å². The second kappa shape index (κ2) is 9.92. The van der Waals surface area contributed by atoms with Gasteiger partial charge in [0.05, 0.1) is 13.1 Å². The van der Waals surface area contributed by atoms with Gasteiger partial charge >= 0.3 is 0 Å². The maximum atomic E-state index is 6.25. The number of anilines is 2. The normalized spacial score (nSPS) is 10.9. The lowest BCUT2D eigenvalue weighted by molar-refractivity contribution is 0.668. The van der Waals surface area contributed by atoms with Crippen molar-refractivity contribution in [2.45, 2.75) is 20.0 Å². The highest BCUT2D eigenvalue weighted by Crippen LogP contribution is 2.25. The van der Waals surface area contributed by atoms with Crippen LogP contribution in [-0.4, -0.2) is 24.7 Å². The van der Waals surface area contributed by atoms with E-state index in [1.54, 1.807) is 16.8 Å². The molecule has 0 saturated heterocycles. The monoisotopic (exact) mass is 504 g/mol. The minimum atomic E-state index is 0.387. The molecule has 10 heteroatoms. The Labute approximate surface area is 206 Å². The number of halogens is 3. The Kier molecular flexibility index (Phi) is 7.01. The van der Waals surface area contributed by atoms with Crippen LogP contribution >= 0.6 is 47.0 Å². The number of rotatable bonds is 6. The molecule has 0 fully saturated rings. The van der Waals surface area contributed by atoms with E-state index in [-0.39, 0.29) is 0 Å². The van der Waals surface area contributed by atoms with Crippen molar-refractivity contribution < 1.29 is 0 Å². The molecule has 6 nitrogen and oxygen atoms in total. The van der Waals surface area contributed by atoms with Gasteiger partial charge in [0.25, 0.3) is 0 Å². The second-order valence-corrected chi connectivity index (χ2v) is 8.80. The molecule has 0 spiro atoms. The Morgan fingerprint density at radius 2 is 1.62 bits per heavy atom. The summed E-state index contributed by atoms with van der Waals surface area (Å²) >= 11 is 24.0. The van der Waals surface area contributed by atoms with E-state index in [2.05, 4.69) is 20.8 Å². The zero-order valence-corrected chi connectivity index (χ0v) is 20.1. The van der Waals surface area contributed by atoms with Crippen molar-refractivity contribution in [1.29, 1.82) is 0 Å². The van der Waals surface area contributed by atoms with Crippen LogP contribution in [0.1, 0.15) is 16.8 Å². The van der Waals surface area contributed by atoms with Crippen molar-refractivity contribution in [3.05, 3.63) is 92.7 Å². The smallest absolute Gasteiger partial charge is 0.177 e. The molecule has 32 heavy (non-hydrogen) atoms. The molecule has 164 valence electrons. The maximum Gasteiger partial charge on any atom is 0.177 e. The third-order valence-electron chi connectivity index (χ3n) is 4.71. The molecule has 4 aromatic rings. The van der Waals surface area contributed by atoms with Crippen LogP contribution in [0.5, 0.6) is 0 Å². The van der Waals surface area contributed by atoms with Crippen LogP contribution in [0.15, 0.2) is 60.8 Å². The third kappa shape index (κ3) is 5.61. The minimum Gasteiger partial charge on any atom is -0.316 e. The first-order valence-electron chi connectivity index (χ1n) is 9.70. The molecule has 4 rings (SSSR count). The van der Waals surface area contributed by atoms with E-state index in [1.165, 1.54) is 0 Å². The van der Waals surface area contributed by atoms with E-state index in [0.29, 0.717) is 44.9 Å². The first kappa shape index (κ1) is 22.6. The number of nitrogens with one attached hydrogen (secondary N) is 2. The summed E-state index contributed by atoms with van der Waals surface area (Å²) in [4.78, 5) is 0. The van der Waals surface area contributed by atoms with Crippen LogP contribution < -0.4 is 10.6 Å². The first-order valence-corrected chi connectivity index (χ1v) is 11.2. The molecule has 0 saturated carbocycles. The highest BCUT2D eigenvalue weighted by Gasteiger charge is 2.10. The fraction of sp³-hybridized carbons (Fsp3) is 0.136. The predicted molar refractivity (Wildman–Crippen MR) is 135 cm³/mol. The molecule has 0 radical (unpaired) electrons. The van der Waals surface area contributed by atoms with Crippen molar-refractivity contribution in [2.24, 2.45) is 0 Å². The molecule has 0 aliphatic rings. The Hall–Kier alpha value is -2.58. The maximum absolute atomic E-state index is 6.25. The van der Waals surface area contributed by atoms with Crippen LogP contribution in [0.3, 0.4) is 0 Å². The molecule has 2 aromatic carbocycles. The van der Waals surface area contributed by atoms with Gasteiger partial charge in [-0.25, -0.2) is 0 Å². The van der Waals surface area contributed by atoms with Gasteiger partial charge in [0.15, 0.2) is 16.7 Å². The minimum absolute atomic E-state index is 0.387. The van der Waals surface area contributed by atoms with Crippen molar-refractivity contribution in [2.75, 3.05) is 10.6 Å². The molecule has 0 aliphatic heterocycles. The molecule has 0 bridgehead atoms. The average Bonchev–Trinajstić information content (AvgIpc) is 3.31. The van der Waals surface area contributed by atoms with E-state index in [1.807, 2.05) is 60.3 Å². The van der Waals surface area contributed by atoms with Gasteiger partial charge < -0.3 is 10.6 Å². The average molecular weight is 506 g/mol. The van der Waals surface area contributed by atoms with Gasteiger partial charge in [-0.2, -0.15) is 10.2 Å². The number of aryl methyl sites for hydroxylation is 1. The number of thiocarbonyl (C=S) groups is 1. The van der Waals surface area contributed by atoms with E-state index in [4.69, 9.17) is 47.0 Å². The summed E-state index contributed by atoms with van der Waals surface area (Å²) in [7, 11) is 0. The van der Waals surface area contributed by atoms with Crippen LogP contribution in [-0.2, 0) is 13.1 Å². The van der Waals surface area contributed by atoms with Crippen LogP contribution in [0.25, 0.3) is 0 Å². The lowest BCUT2D eigenvalue weighted by Crippen LogP contribution is -2.20. The number of hydrogen-bond acceptors (Lipinski definition) is 3. The highest BCUT2D eigenvalue weighted by molar-refractivity contribution is 7.80. The van der Waals surface area contributed by atoms with Crippen molar-refractivity contribution >= 4 is 63.8 Å². The van der Waals surface area contributed by atoms with Gasteiger partial charge in [0.1, 0.15) is 0 Å². The topological polar surface area (TPSA) is 59.7 Å². The molecule has 2 N–H and O–H groups in total. The van der Waals surface area contributed by atoms with E-state index in [0.717, 1.165) is 16.8 Å². The van der Waals surface area contributed by atoms with Gasteiger partial charge in [0, 0.05) is 44.7 Å². The molecule has 0 atom stereocenters. The fourth-order valence-electron chi connectivity index (χ4n) is 3.17. The zero-order valence-electron chi connectivity index (χ0n) is 17.0. The summed E-state index contributed by atoms with van der Waals surface area (Å²) < 4.78 is 3.63. The Morgan fingerprint density at radius 1 is 0.906 bits per heavy atom. The van der Waals surface area contributed by atoms with Crippen molar-refractivity contribution in [3.8, 4) is 0 Å². The quantitative estimate of drug-likeness (QED) is 0.303. The Morgan fingerprint density at radius 3 is 2.38 bits per heavy atom. The van der Waals surface area contributed by atoms with E-state index >= 15 is 0 Å². The summed E-state index contributed by atoms with van der Waals surface area (Å²) in [6.45, 7) is 3.05. The summed E-state index contributed by atoms with van der Waals surface area (Å²) in [5.41, 5.74) is 2.88. The van der Waals surface area contributed by atoms with E-state index < -0.39 is 0 Å². The zero-order chi connectivity index (χ0) is 22.7. The number of nitrogens with zero attached hydrogens (tertiary/aromatic N) is 4. The molecule has 0 unspecified atom stereocenters. The lowest BCUT2D eigenvalue weighted by atomic mass is 10.2. The first-order chi connectivity index (χ1) is 15.4. The van der Waals surface area contributed by atoms with Crippen LogP contribution in [0.4, 0.5) is 11.6 Å². The summed E-state index contributed by atoms with van der Waals surface area (Å²) in [5.74, 6) is 1.24. The van der Waals surface area contributed by atoms with E-state index in [9.17, 15) is 0 Å². The number of aromatic nitrogens is 4. The molecular weight excluding hydrogens is 487 g/mol. The van der Waals surface area contributed by atoms with Crippen LogP contribution in [0, 0.1) is 6.92 Å². The number of benzene rings is 2. The Balaban J connectivity index is 1.37. The van der Waals surface area contributed by atoms with Crippen molar-refractivity contribution in [3.63, 3.8) is 0 Å². The lowest BCUT2D eigenvalue weighted by Gasteiger charge is -2.08. The molecule has 0 aliphatic carbocycles. The summed E-state index contributed by atoms with van der Waals surface area (Å²) in [6, 6.07) is 16.9. The molecule has 2 aromatic heterocycles. The van der Waals surface area contributed by atoms with Gasteiger partial charge in [-0.1, -0.05) is 53.0 Å². The van der Waals surface area contributed by atoms with Gasteiger partial charge in [0.2, 0.25) is 0 Å². The predicted octanol–water partition coefficient (Wildman–Crippen LogP) is 6.25. The largest absolute Gasteiger partial charge is 0.316 e. The molecule has 2 heterocycles. The highest BCUT2D eigenvalue weighted by atomic mass is 35.5. The van der Waals surface area contributed by atoms with Gasteiger partial charge in [-0.15, -0.1) is 0 Å². The Bertz CT molecular complexity index is 1250. The summed E-state index contributed by atoms with van der Waals surface area (Å²) in [5, 5.41) is 17.5. The SMILES string of the molecule is Cc1cc(NC(=S)Nc2ccn(Cc3c(Cl)cccc3Cl)n2)nn1Cc1cccc(Cl)c1. The third-order valence-corrected chi connectivity index (χ3v) is 5.86. The number of hydrogen-bond donors (Lipinski definition) is 2.